The minimum absolute atomic E-state index is 0.132. The van der Waals surface area contributed by atoms with Crippen LogP contribution in [0, 0.1) is 0 Å². The molecule has 0 aliphatic carbocycles. The van der Waals surface area contributed by atoms with Gasteiger partial charge in [-0.25, -0.2) is 0 Å². The highest BCUT2D eigenvalue weighted by Crippen LogP contribution is 2.13. The molecule has 0 fully saturated rings. The van der Waals surface area contributed by atoms with Crippen molar-refractivity contribution in [3.63, 3.8) is 0 Å². The minimum Gasteiger partial charge on any atom is -0.545 e. The summed E-state index contributed by atoms with van der Waals surface area (Å²) in [7, 11) is 5.89. The fraction of sp³-hybridized carbons (Fsp3) is 0.603. The van der Waals surface area contributed by atoms with Gasteiger partial charge in [-0.2, -0.15) is 0 Å². The van der Waals surface area contributed by atoms with Gasteiger partial charge in [0.2, 0.25) is 0 Å². The van der Waals surface area contributed by atoms with Gasteiger partial charge >= 0.3 is 11.9 Å². The van der Waals surface area contributed by atoms with E-state index < -0.39 is 24.3 Å². The van der Waals surface area contributed by atoms with Crippen LogP contribution in [-0.4, -0.2) is 82.3 Å². The second-order valence-corrected chi connectivity index (χ2v) is 20.5. The molecule has 2 atom stereocenters. The number of esters is 2. The van der Waals surface area contributed by atoms with E-state index in [1.165, 1.54) is 44.9 Å². The smallest absolute Gasteiger partial charge is 0.306 e. The largest absolute Gasteiger partial charge is 0.545 e. The number of hydrogen-bond acceptors (Lipinski definition) is 8. The zero-order chi connectivity index (χ0) is 56.2. The van der Waals surface area contributed by atoms with Crippen molar-refractivity contribution in [1.29, 1.82) is 0 Å². The van der Waals surface area contributed by atoms with Crippen molar-refractivity contribution < 1.29 is 42.9 Å². The zero-order valence-electron chi connectivity index (χ0n) is 49.3. The number of carbonyl (C=O) groups is 3. The average molecular weight is 1070 g/mol. The van der Waals surface area contributed by atoms with Crippen LogP contribution in [0.3, 0.4) is 0 Å². The van der Waals surface area contributed by atoms with E-state index in [4.69, 9.17) is 18.9 Å². The summed E-state index contributed by atoms with van der Waals surface area (Å²) >= 11 is 0. The molecule has 434 valence electrons. The first-order chi connectivity index (χ1) is 37.6. The maximum absolute atomic E-state index is 12.8. The van der Waals surface area contributed by atoms with Gasteiger partial charge in [-0.05, 0) is 122 Å². The fourth-order valence-electron chi connectivity index (χ4n) is 7.47. The number of unbranched alkanes of at least 4 members (excludes halogenated alkanes) is 14. The SMILES string of the molecule is CC/C=C\C/C=C\C/C=C\C/C=C\C/C=C\C/C=C\C/C=C\C/C=C\C/C=C\C/C=C\C/C=C\CCCCCC(=O)OC(COC(=O)CCCCCCC/C=C\CCCCCCCC)COC(OCC[N+](C)(C)C)C(=O)[O-]. The summed E-state index contributed by atoms with van der Waals surface area (Å²) in [6, 6.07) is 0. The Morgan fingerprint density at radius 3 is 1.13 bits per heavy atom. The van der Waals surface area contributed by atoms with E-state index in [1.807, 2.05) is 21.1 Å². The molecule has 2 unspecified atom stereocenters. The zero-order valence-corrected chi connectivity index (χ0v) is 49.3. The van der Waals surface area contributed by atoms with Gasteiger partial charge in [0.05, 0.1) is 40.3 Å². The van der Waals surface area contributed by atoms with Crippen LogP contribution < -0.4 is 5.11 Å². The third-order valence-corrected chi connectivity index (χ3v) is 12.1. The molecule has 0 N–H and O–H groups in total. The highest BCUT2D eigenvalue weighted by atomic mass is 16.7. The van der Waals surface area contributed by atoms with Crippen molar-refractivity contribution in [2.75, 3.05) is 47.5 Å². The Kier molecular flexibility index (Phi) is 53.8. The van der Waals surface area contributed by atoms with E-state index in [2.05, 4.69) is 160 Å². The Balaban J connectivity index is 4.31. The summed E-state index contributed by atoms with van der Waals surface area (Å²) in [4.78, 5) is 37.2. The van der Waals surface area contributed by atoms with Gasteiger partial charge < -0.3 is 33.3 Å². The summed E-state index contributed by atoms with van der Waals surface area (Å²) in [5.41, 5.74) is 0. The van der Waals surface area contributed by atoms with Gasteiger partial charge in [0.1, 0.15) is 13.2 Å². The van der Waals surface area contributed by atoms with Crippen molar-refractivity contribution in [2.24, 2.45) is 0 Å². The van der Waals surface area contributed by atoms with Crippen LogP contribution in [0.2, 0.25) is 0 Å². The highest BCUT2D eigenvalue weighted by molar-refractivity contribution is 5.70. The topological polar surface area (TPSA) is 111 Å². The van der Waals surface area contributed by atoms with E-state index >= 15 is 0 Å². The van der Waals surface area contributed by atoms with E-state index in [-0.39, 0.29) is 38.6 Å². The number of likely N-dealkylation sites (N-methyl/N-ethyl adjacent to an activating group) is 1. The number of carbonyl (C=O) groups excluding carboxylic acids is 3. The van der Waals surface area contributed by atoms with Gasteiger partial charge in [-0.1, -0.05) is 217 Å². The van der Waals surface area contributed by atoms with Gasteiger partial charge in [0.25, 0.3) is 0 Å². The molecule has 77 heavy (non-hydrogen) atoms. The van der Waals surface area contributed by atoms with Gasteiger partial charge in [0.15, 0.2) is 12.4 Å². The predicted octanol–water partition coefficient (Wildman–Crippen LogP) is 16.7. The third kappa shape index (κ3) is 58.7. The minimum atomic E-state index is -1.64. The van der Waals surface area contributed by atoms with Crippen molar-refractivity contribution in [2.45, 2.75) is 219 Å². The van der Waals surface area contributed by atoms with E-state index in [9.17, 15) is 19.5 Å². The number of aliphatic carboxylic acids is 1. The molecule has 9 heteroatoms. The molecule has 0 aromatic rings. The van der Waals surface area contributed by atoms with Crippen LogP contribution in [0.5, 0.6) is 0 Å². The number of nitrogens with zero attached hydrogens (tertiary/aromatic N) is 1. The summed E-state index contributed by atoms with van der Waals surface area (Å²) in [6.07, 6.45) is 80.5. The van der Waals surface area contributed by atoms with Crippen LogP contribution >= 0.6 is 0 Å². The molecule has 0 radical (unpaired) electrons. The van der Waals surface area contributed by atoms with Crippen molar-refractivity contribution in [1.82, 2.24) is 0 Å². The summed E-state index contributed by atoms with van der Waals surface area (Å²) < 4.78 is 22.6. The van der Waals surface area contributed by atoms with Crippen LogP contribution in [0.25, 0.3) is 0 Å². The number of hydrogen-bond donors (Lipinski definition) is 0. The Hall–Kier alpha value is -4.83. The van der Waals surface area contributed by atoms with Crippen LogP contribution in [0.1, 0.15) is 206 Å². The van der Waals surface area contributed by atoms with Crippen molar-refractivity contribution in [3.8, 4) is 0 Å². The lowest BCUT2D eigenvalue weighted by Crippen LogP contribution is -2.44. The van der Waals surface area contributed by atoms with Crippen LogP contribution in [0.4, 0.5) is 0 Å². The predicted molar refractivity (Wildman–Crippen MR) is 324 cm³/mol. The first-order valence-corrected chi connectivity index (χ1v) is 30.0. The molecule has 0 amide bonds. The number of carboxylic acids is 1. The lowest BCUT2D eigenvalue weighted by molar-refractivity contribution is -0.870. The molecule has 0 aliphatic heterocycles. The normalized spacial score (nSPS) is 13.8. The third-order valence-electron chi connectivity index (χ3n) is 12.1. The number of quaternary nitrogens is 1. The quantitative estimate of drug-likeness (QED) is 0.0195. The average Bonchev–Trinajstić information content (AvgIpc) is 3.40. The summed E-state index contributed by atoms with van der Waals surface area (Å²) in [5, 5.41) is 11.8. The molecular formula is C68H109NO8. The molecule has 0 rings (SSSR count). The molecule has 0 bridgehead atoms. The van der Waals surface area contributed by atoms with Gasteiger partial charge in [-0.3, -0.25) is 9.59 Å². The van der Waals surface area contributed by atoms with Gasteiger partial charge in [-0.15, -0.1) is 0 Å². The van der Waals surface area contributed by atoms with Crippen LogP contribution in [-0.2, 0) is 33.3 Å². The second-order valence-electron chi connectivity index (χ2n) is 20.5. The molecule has 0 aromatic carbocycles. The number of carboxylic acid groups (broad SMARTS) is 1. The Morgan fingerprint density at radius 2 is 0.740 bits per heavy atom. The van der Waals surface area contributed by atoms with E-state index in [0.29, 0.717) is 17.4 Å². The Bertz CT molecular complexity index is 1770. The molecular weight excluding hydrogens is 959 g/mol. The monoisotopic (exact) mass is 1070 g/mol. The molecule has 9 nitrogen and oxygen atoms in total. The lowest BCUT2D eigenvalue weighted by atomic mass is 10.1. The standard InChI is InChI=1S/C68H109NO8/c1-6-8-10-12-14-16-18-20-22-23-24-25-26-27-28-29-30-31-32-33-34-35-36-37-38-39-40-41-42-43-45-47-49-51-53-55-57-59-66(71)77-64(63-76-68(67(72)73)74-61-60-69(3,4)5)62-75-65(70)58-56-54-52-50-48-46-44-21-19-17-15-13-11-9-7-2/h8,10,14,16,20-22,24-25,27-28,30-31,33-34,36-37,39-40,42-44,47,49,64,68H,6-7,9,11-13,15,17-19,23,26,29,32,35,38,41,45-46,48,50-63H2,1-5H3/b10-8-,16-14-,22-20-,25-24-,28-27-,31-30-,34-33-,37-36-,40-39-,43-42-,44-21-,49-47-. The van der Waals surface area contributed by atoms with Gasteiger partial charge in [0, 0.05) is 12.8 Å². The van der Waals surface area contributed by atoms with Crippen molar-refractivity contribution >= 4 is 17.9 Å². The number of rotatable bonds is 53. The Morgan fingerprint density at radius 1 is 0.403 bits per heavy atom. The molecule has 0 aliphatic rings. The fourth-order valence-corrected chi connectivity index (χ4v) is 7.47. The first kappa shape index (κ1) is 72.2. The second kappa shape index (κ2) is 57.3. The highest BCUT2D eigenvalue weighted by Gasteiger charge is 2.22. The van der Waals surface area contributed by atoms with E-state index in [1.54, 1.807) is 0 Å². The first-order valence-electron chi connectivity index (χ1n) is 30.0. The summed E-state index contributed by atoms with van der Waals surface area (Å²) in [6.45, 7) is 4.55. The Labute approximate surface area is 471 Å². The van der Waals surface area contributed by atoms with Crippen molar-refractivity contribution in [3.05, 3.63) is 146 Å². The maximum atomic E-state index is 12.8. The molecule has 0 spiro atoms. The molecule has 0 aromatic heterocycles. The van der Waals surface area contributed by atoms with E-state index in [0.717, 1.165) is 128 Å². The molecule has 0 saturated carbocycles. The van der Waals surface area contributed by atoms with Crippen LogP contribution in [0.15, 0.2) is 146 Å². The number of allylic oxidation sites excluding steroid dienone is 24. The molecule has 0 heterocycles. The molecule has 0 saturated heterocycles. The number of ether oxygens (including phenoxy) is 4. The maximum Gasteiger partial charge on any atom is 0.306 e. The lowest BCUT2D eigenvalue weighted by Gasteiger charge is -2.26. The summed E-state index contributed by atoms with van der Waals surface area (Å²) in [5.74, 6) is -2.36.